The van der Waals surface area contributed by atoms with E-state index in [0.29, 0.717) is 34.1 Å². The molecular formula is C48H39N3O3. The Hall–Kier alpha value is -7.05. The number of hydrogen-bond acceptors (Lipinski definition) is 3. The Morgan fingerprint density at radius 3 is 0.704 bits per heavy atom. The smallest absolute Gasteiger partial charge is 0.235 e. The van der Waals surface area contributed by atoms with Gasteiger partial charge in [0.25, 0.3) is 0 Å². The Kier molecular flexibility index (Phi) is 11.1. The van der Waals surface area contributed by atoms with Crippen LogP contribution in [0.2, 0.25) is 0 Å². The van der Waals surface area contributed by atoms with E-state index in [-0.39, 0.29) is 37.0 Å². The normalized spacial score (nSPS) is 10.7. The monoisotopic (exact) mass is 705 g/mol. The summed E-state index contributed by atoms with van der Waals surface area (Å²) in [5.41, 5.74) is 6.11. The Balaban J connectivity index is 1.44. The predicted octanol–water partition coefficient (Wildman–Crippen LogP) is 10.4. The van der Waals surface area contributed by atoms with E-state index < -0.39 is 0 Å². The topological polar surface area (TPSA) is 60.9 Å². The SMILES string of the molecule is O=C(Cc1ccccc1)N(c1ccccc1)c1cc(N(C(=O)Cc2ccccc2)c2ccccc2)cc(N(C(=O)Cc2ccccc2)c2ccccc2)c1. The first-order valence-electron chi connectivity index (χ1n) is 17.9. The molecule has 7 rings (SSSR count). The van der Waals surface area contributed by atoms with Gasteiger partial charge in [-0.1, -0.05) is 146 Å². The summed E-state index contributed by atoms with van der Waals surface area (Å²) in [4.78, 5) is 48.6. The zero-order chi connectivity index (χ0) is 37.1. The lowest BCUT2D eigenvalue weighted by Gasteiger charge is -2.31. The lowest BCUT2D eigenvalue weighted by atomic mass is 10.1. The number of nitrogens with zero attached hydrogens (tertiary/aromatic N) is 3. The van der Waals surface area contributed by atoms with Crippen LogP contribution in [0.5, 0.6) is 0 Å². The molecule has 0 bridgehead atoms. The van der Waals surface area contributed by atoms with Crippen molar-refractivity contribution < 1.29 is 14.4 Å². The summed E-state index contributed by atoms with van der Waals surface area (Å²) in [5, 5.41) is 0. The van der Waals surface area contributed by atoms with Gasteiger partial charge in [0.15, 0.2) is 0 Å². The van der Waals surface area contributed by atoms with Crippen molar-refractivity contribution in [3.8, 4) is 0 Å². The number of anilines is 6. The molecule has 0 saturated carbocycles. The summed E-state index contributed by atoms with van der Waals surface area (Å²) in [6, 6.07) is 62.9. The van der Waals surface area contributed by atoms with Gasteiger partial charge in [0.2, 0.25) is 17.7 Å². The minimum absolute atomic E-state index is 0.139. The number of benzene rings is 7. The number of carbonyl (C=O) groups is 3. The molecular weight excluding hydrogens is 667 g/mol. The van der Waals surface area contributed by atoms with Gasteiger partial charge in [-0.15, -0.1) is 0 Å². The predicted molar refractivity (Wildman–Crippen MR) is 218 cm³/mol. The first kappa shape index (κ1) is 35.4. The van der Waals surface area contributed by atoms with E-state index in [1.807, 2.05) is 200 Å². The molecule has 0 aliphatic rings. The maximum absolute atomic E-state index is 14.5. The van der Waals surface area contributed by atoms with E-state index in [9.17, 15) is 14.4 Å². The summed E-state index contributed by atoms with van der Waals surface area (Å²) in [6.07, 6.45) is 0.417. The number of carbonyl (C=O) groups excluding carboxylic acids is 3. The highest BCUT2D eigenvalue weighted by Crippen LogP contribution is 2.39. The quantitative estimate of drug-likeness (QED) is 0.127. The van der Waals surface area contributed by atoms with Crippen molar-refractivity contribution in [2.75, 3.05) is 14.7 Å². The highest BCUT2D eigenvalue weighted by Gasteiger charge is 2.27. The molecule has 0 radical (unpaired) electrons. The zero-order valence-corrected chi connectivity index (χ0v) is 29.7. The lowest BCUT2D eigenvalue weighted by molar-refractivity contribution is -0.118. The third kappa shape index (κ3) is 8.52. The molecule has 0 unspecified atom stereocenters. The Bertz CT molecular complexity index is 2030. The van der Waals surface area contributed by atoms with Crippen molar-refractivity contribution in [1.29, 1.82) is 0 Å². The number of para-hydroxylation sites is 3. The number of amides is 3. The molecule has 264 valence electrons. The lowest BCUT2D eigenvalue weighted by Crippen LogP contribution is -2.31. The highest BCUT2D eigenvalue weighted by atomic mass is 16.2. The summed E-state index contributed by atoms with van der Waals surface area (Å²) in [5.74, 6) is -0.502. The van der Waals surface area contributed by atoms with Crippen LogP contribution in [0.25, 0.3) is 0 Å². The second kappa shape index (κ2) is 17.0. The largest absolute Gasteiger partial charge is 0.281 e. The van der Waals surface area contributed by atoms with Crippen LogP contribution in [0.1, 0.15) is 16.7 Å². The van der Waals surface area contributed by atoms with Crippen LogP contribution >= 0.6 is 0 Å². The molecule has 0 aliphatic carbocycles. The molecule has 0 saturated heterocycles. The molecule has 7 aromatic carbocycles. The summed E-state index contributed by atoms with van der Waals surface area (Å²) in [7, 11) is 0. The average molecular weight is 706 g/mol. The van der Waals surface area contributed by atoms with Crippen molar-refractivity contribution in [3.63, 3.8) is 0 Å². The van der Waals surface area contributed by atoms with Gasteiger partial charge >= 0.3 is 0 Å². The Morgan fingerprint density at radius 2 is 0.481 bits per heavy atom. The number of rotatable bonds is 12. The highest BCUT2D eigenvalue weighted by molar-refractivity contribution is 6.08. The minimum atomic E-state index is -0.167. The van der Waals surface area contributed by atoms with Crippen molar-refractivity contribution in [3.05, 3.63) is 217 Å². The van der Waals surface area contributed by atoms with Gasteiger partial charge in [-0.2, -0.15) is 0 Å². The van der Waals surface area contributed by atoms with Gasteiger partial charge in [-0.3, -0.25) is 29.1 Å². The summed E-state index contributed by atoms with van der Waals surface area (Å²) >= 11 is 0. The van der Waals surface area contributed by atoms with Crippen molar-refractivity contribution in [2.45, 2.75) is 19.3 Å². The van der Waals surface area contributed by atoms with Gasteiger partial charge in [-0.25, -0.2) is 0 Å². The Morgan fingerprint density at radius 1 is 0.278 bits per heavy atom. The third-order valence-electron chi connectivity index (χ3n) is 9.05. The molecule has 6 heteroatoms. The molecule has 0 N–H and O–H groups in total. The van der Waals surface area contributed by atoms with E-state index in [2.05, 4.69) is 0 Å². The molecule has 3 amide bonds. The summed E-state index contributed by atoms with van der Waals surface area (Å²) in [6.45, 7) is 0. The molecule has 0 aliphatic heterocycles. The van der Waals surface area contributed by atoms with Gasteiger partial charge in [-0.05, 0) is 71.3 Å². The first-order chi connectivity index (χ1) is 26.5. The average Bonchev–Trinajstić information content (AvgIpc) is 3.20. The third-order valence-corrected chi connectivity index (χ3v) is 9.05. The van der Waals surface area contributed by atoms with Crippen molar-refractivity contribution >= 4 is 51.8 Å². The summed E-state index contributed by atoms with van der Waals surface area (Å²) < 4.78 is 0. The van der Waals surface area contributed by atoms with E-state index in [1.165, 1.54) is 0 Å². The number of hydrogen-bond donors (Lipinski definition) is 0. The molecule has 0 aromatic heterocycles. The maximum atomic E-state index is 14.5. The maximum Gasteiger partial charge on any atom is 0.235 e. The second-order valence-electron chi connectivity index (χ2n) is 12.9. The Labute approximate surface area is 316 Å². The van der Waals surface area contributed by atoms with Crippen LogP contribution < -0.4 is 14.7 Å². The van der Waals surface area contributed by atoms with Crippen LogP contribution in [0.15, 0.2) is 200 Å². The zero-order valence-electron chi connectivity index (χ0n) is 29.7. The second-order valence-corrected chi connectivity index (χ2v) is 12.9. The fraction of sp³-hybridized carbons (Fsp3) is 0.0625. The van der Waals surface area contributed by atoms with Crippen molar-refractivity contribution in [2.24, 2.45) is 0 Å². The van der Waals surface area contributed by atoms with E-state index >= 15 is 0 Å². The van der Waals surface area contributed by atoms with Gasteiger partial charge in [0.1, 0.15) is 0 Å². The van der Waals surface area contributed by atoms with Crippen LogP contribution in [0, 0.1) is 0 Å². The van der Waals surface area contributed by atoms with Gasteiger partial charge < -0.3 is 0 Å². The first-order valence-corrected chi connectivity index (χ1v) is 17.9. The van der Waals surface area contributed by atoms with Gasteiger partial charge in [0.05, 0.1) is 36.3 Å². The minimum Gasteiger partial charge on any atom is -0.281 e. The molecule has 6 nitrogen and oxygen atoms in total. The molecule has 0 spiro atoms. The molecule has 54 heavy (non-hydrogen) atoms. The van der Waals surface area contributed by atoms with Crippen LogP contribution in [0.3, 0.4) is 0 Å². The van der Waals surface area contributed by atoms with Gasteiger partial charge in [0, 0.05) is 17.1 Å². The fourth-order valence-corrected chi connectivity index (χ4v) is 6.56. The van der Waals surface area contributed by atoms with Crippen molar-refractivity contribution in [1.82, 2.24) is 0 Å². The van der Waals surface area contributed by atoms with E-state index in [1.54, 1.807) is 14.7 Å². The fourth-order valence-electron chi connectivity index (χ4n) is 6.56. The molecule has 0 atom stereocenters. The van der Waals surface area contributed by atoms with E-state index in [0.717, 1.165) is 16.7 Å². The van der Waals surface area contributed by atoms with E-state index in [4.69, 9.17) is 0 Å². The van der Waals surface area contributed by atoms with Crippen LogP contribution in [-0.2, 0) is 33.6 Å². The standard InChI is InChI=1S/C48H39N3O3/c52-46(31-37-19-7-1-8-20-37)49(40-25-13-4-14-26-40)43-34-44(50(41-27-15-5-16-28-41)47(53)32-38-21-9-2-10-22-38)36-45(35-43)51(42-29-17-6-18-30-42)48(54)33-39-23-11-3-12-24-39/h1-30,34-36H,31-33H2. The van der Waals surface area contributed by atoms with Crippen LogP contribution in [0.4, 0.5) is 34.1 Å². The molecule has 0 heterocycles. The molecule has 7 aromatic rings. The molecule has 0 fully saturated rings. The van der Waals surface area contributed by atoms with Crippen LogP contribution in [-0.4, -0.2) is 17.7 Å².